The Labute approximate surface area is 190 Å². The normalized spacial score (nSPS) is 17.4. The summed E-state index contributed by atoms with van der Waals surface area (Å²) in [6, 6.07) is 7.21. The standard InChI is InChI=1S/C25H23FN4O3/c1-14-18(11-30-13-29-20-8-17(15-3-4-15)10-28-25(20)30)7-19(26)24-23(14)32-12-21(33-24)16-5-6-22(31-2)27-9-16/h5-10,13,15,21H,3-4,11-12H2,1-2H3. The minimum absolute atomic E-state index is 0.131. The van der Waals surface area contributed by atoms with E-state index < -0.39 is 11.9 Å². The molecule has 168 valence electrons. The van der Waals surface area contributed by atoms with Crippen LogP contribution >= 0.6 is 0 Å². The smallest absolute Gasteiger partial charge is 0.212 e. The number of halogens is 1. The van der Waals surface area contributed by atoms with E-state index in [1.54, 1.807) is 25.7 Å². The summed E-state index contributed by atoms with van der Waals surface area (Å²) in [5.74, 6) is 1.25. The van der Waals surface area contributed by atoms with Gasteiger partial charge in [0.25, 0.3) is 0 Å². The summed E-state index contributed by atoms with van der Waals surface area (Å²) in [7, 11) is 1.56. The summed E-state index contributed by atoms with van der Waals surface area (Å²) in [6.07, 6.45) is 7.35. The molecule has 2 aliphatic rings. The maximum absolute atomic E-state index is 15.1. The average Bonchev–Trinajstić information content (AvgIpc) is 3.63. The molecule has 1 fully saturated rings. The summed E-state index contributed by atoms with van der Waals surface area (Å²) in [5.41, 5.74) is 5.34. The van der Waals surface area contributed by atoms with Crippen molar-refractivity contribution in [3.8, 4) is 17.4 Å². The highest BCUT2D eigenvalue weighted by Crippen LogP contribution is 2.43. The Morgan fingerprint density at radius 3 is 2.70 bits per heavy atom. The van der Waals surface area contributed by atoms with Gasteiger partial charge in [-0.25, -0.2) is 19.3 Å². The van der Waals surface area contributed by atoms with Crippen LogP contribution in [0.4, 0.5) is 4.39 Å². The topological polar surface area (TPSA) is 71.3 Å². The van der Waals surface area contributed by atoms with Crippen LogP contribution in [-0.4, -0.2) is 33.2 Å². The Kier molecular flexibility index (Phi) is 4.67. The minimum atomic E-state index is -0.454. The lowest BCUT2D eigenvalue weighted by atomic mass is 10.0. The predicted molar refractivity (Wildman–Crippen MR) is 119 cm³/mol. The Hall–Kier alpha value is -3.68. The van der Waals surface area contributed by atoms with E-state index in [0.717, 1.165) is 27.9 Å². The molecular weight excluding hydrogens is 423 g/mol. The van der Waals surface area contributed by atoms with Crippen molar-refractivity contribution in [1.29, 1.82) is 0 Å². The van der Waals surface area contributed by atoms with E-state index in [1.165, 1.54) is 24.5 Å². The van der Waals surface area contributed by atoms with Crippen molar-refractivity contribution in [3.63, 3.8) is 0 Å². The minimum Gasteiger partial charge on any atom is -0.485 e. The zero-order chi connectivity index (χ0) is 22.5. The van der Waals surface area contributed by atoms with Crippen LogP contribution < -0.4 is 14.2 Å². The van der Waals surface area contributed by atoms with E-state index in [9.17, 15) is 0 Å². The third kappa shape index (κ3) is 3.55. The molecule has 4 aromatic rings. The van der Waals surface area contributed by atoms with Gasteiger partial charge in [0.05, 0.1) is 20.0 Å². The van der Waals surface area contributed by atoms with Gasteiger partial charge in [0.15, 0.2) is 29.1 Å². The molecule has 1 aromatic carbocycles. The third-order valence-corrected chi connectivity index (χ3v) is 6.39. The van der Waals surface area contributed by atoms with Gasteiger partial charge >= 0.3 is 0 Å². The SMILES string of the molecule is COc1ccc(C2COc3c(C)c(Cn4cnc5cc(C6CC6)cnc54)cc(F)c3O2)cn1. The van der Waals surface area contributed by atoms with Crippen molar-refractivity contribution in [2.24, 2.45) is 0 Å². The molecule has 0 amide bonds. The summed E-state index contributed by atoms with van der Waals surface area (Å²) < 4.78 is 34.1. The largest absolute Gasteiger partial charge is 0.485 e. The van der Waals surface area contributed by atoms with Crippen LogP contribution in [0.1, 0.15) is 47.1 Å². The molecule has 0 saturated heterocycles. The number of rotatable bonds is 5. The summed E-state index contributed by atoms with van der Waals surface area (Å²) >= 11 is 0. The second kappa shape index (κ2) is 7.72. The van der Waals surface area contributed by atoms with Crippen LogP contribution in [0.3, 0.4) is 0 Å². The van der Waals surface area contributed by atoms with Crippen LogP contribution in [0.5, 0.6) is 17.4 Å². The van der Waals surface area contributed by atoms with Crippen molar-refractivity contribution >= 4 is 11.2 Å². The van der Waals surface area contributed by atoms with Crippen molar-refractivity contribution in [1.82, 2.24) is 19.5 Å². The molecular formula is C25H23FN4O3. The number of benzene rings is 1. The van der Waals surface area contributed by atoms with E-state index in [-0.39, 0.29) is 12.4 Å². The van der Waals surface area contributed by atoms with Gasteiger partial charge in [-0.15, -0.1) is 0 Å². The van der Waals surface area contributed by atoms with Gasteiger partial charge in [0.2, 0.25) is 5.88 Å². The van der Waals surface area contributed by atoms with E-state index >= 15 is 4.39 Å². The lowest BCUT2D eigenvalue weighted by Crippen LogP contribution is -2.23. The molecule has 1 unspecified atom stereocenters. The number of aromatic nitrogens is 4. The first-order valence-corrected chi connectivity index (χ1v) is 11.0. The van der Waals surface area contributed by atoms with Crippen molar-refractivity contribution in [3.05, 3.63) is 71.1 Å². The van der Waals surface area contributed by atoms with Gasteiger partial charge in [0.1, 0.15) is 12.1 Å². The number of nitrogens with zero attached hydrogens (tertiary/aromatic N) is 4. The predicted octanol–water partition coefficient (Wildman–Crippen LogP) is 4.72. The first-order valence-electron chi connectivity index (χ1n) is 11.0. The Morgan fingerprint density at radius 2 is 1.94 bits per heavy atom. The summed E-state index contributed by atoms with van der Waals surface area (Å²) in [5, 5.41) is 0. The van der Waals surface area contributed by atoms with Crippen molar-refractivity contribution in [2.45, 2.75) is 38.3 Å². The zero-order valence-electron chi connectivity index (χ0n) is 18.4. The van der Waals surface area contributed by atoms with Gasteiger partial charge in [0, 0.05) is 29.6 Å². The molecule has 33 heavy (non-hydrogen) atoms. The number of fused-ring (bicyclic) bond motifs is 2. The van der Waals surface area contributed by atoms with E-state index in [0.29, 0.717) is 24.1 Å². The molecule has 0 N–H and O–H groups in total. The molecule has 3 aromatic heterocycles. The first kappa shape index (κ1) is 20.0. The van der Waals surface area contributed by atoms with E-state index in [1.807, 2.05) is 23.8 Å². The highest BCUT2D eigenvalue weighted by Gasteiger charge is 2.29. The number of pyridine rings is 2. The second-order valence-corrected chi connectivity index (χ2v) is 8.61. The second-order valence-electron chi connectivity index (χ2n) is 8.61. The Morgan fingerprint density at radius 1 is 1.09 bits per heavy atom. The molecule has 6 rings (SSSR count). The van der Waals surface area contributed by atoms with Gasteiger partial charge in [-0.2, -0.15) is 0 Å². The van der Waals surface area contributed by atoms with Crippen molar-refractivity contribution in [2.75, 3.05) is 13.7 Å². The third-order valence-electron chi connectivity index (χ3n) is 6.39. The molecule has 1 aliphatic heterocycles. The molecule has 1 atom stereocenters. The molecule has 0 bridgehead atoms. The number of methoxy groups -OCH3 is 1. The zero-order valence-corrected chi connectivity index (χ0v) is 18.4. The molecule has 0 radical (unpaired) electrons. The van der Waals surface area contributed by atoms with E-state index in [2.05, 4.69) is 21.0 Å². The van der Waals surface area contributed by atoms with Crippen LogP contribution in [-0.2, 0) is 6.54 Å². The lowest BCUT2D eigenvalue weighted by Gasteiger charge is -2.29. The Bertz CT molecular complexity index is 1350. The van der Waals surface area contributed by atoms with E-state index in [4.69, 9.17) is 14.2 Å². The fraction of sp³-hybridized carbons (Fsp3) is 0.320. The van der Waals surface area contributed by atoms with Crippen LogP contribution in [0.25, 0.3) is 11.2 Å². The maximum Gasteiger partial charge on any atom is 0.212 e. The van der Waals surface area contributed by atoms with Gasteiger partial charge in [-0.3, -0.25) is 0 Å². The molecule has 4 heterocycles. The average molecular weight is 446 g/mol. The number of hydrogen-bond acceptors (Lipinski definition) is 6. The molecule has 1 saturated carbocycles. The highest BCUT2D eigenvalue weighted by atomic mass is 19.1. The quantitative estimate of drug-likeness (QED) is 0.442. The van der Waals surface area contributed by atoms with Crippen LogP contribution in [0, 0.1) is 12.7 Å². The first-order chi connectivity index (χ1) is 16.1. The fourth-order valence-corrected chi connectivity index (χ4v) is 4.31. The van der Waals surface area contributed by atoms with Gasteiger partial charge in [-0.05, 0) is 55.0 Å². The monoisotopic (exact) mass is 446 g/mol. The van der Waals surface area contributed by atoms with Crippen LogP contribution in [0.15, 0.2) is 43.0 Å². The molecule has 8 heteroatoms. The maximum atomic E-state index is 15.1. The molecule has 0 spiro atoms. The number of ether oxygens (including phenoxy) is 3. The summed E-state index contributed by atoms with van der Waals surface area (Å²) in [6.45, 7) is 2.63. The summed E-state index contributed by atoms with van der Waals surface area (Å²) in [4.78, 5) is 13.3. The number of hydrogen-bond donors (Lipinski definition) is 0. The van der Waals surface area contributed by atoms with Crippen LogP contribution in [0.2, 0.25) is 0 Å². The highest BCUT2D eigenvalue weighted by molar-refractivity contribution is 5.71. The van der Waals surface area contributed by atoms with Gasteiger partial charge in [-0.1, -0.05) is 0 Å². The fourth-order valence-electron chi connectivity index (χ4n) is 4.31. The molecule has 1 aliphatic carbocycles. The van der Waals surface area contributed by atoms with Gasteiger partial charge < -0.3 is 18.8 Å². The molecule has 7 nitrogen and oxygen atoms in total. The Balaban J connectivity index is 1.28. The lowest BCUT2D eigenvalue weighted by molar-refractivity contribution is 0.0845. The van der Waals surface area contributed by atoms with Crippen molar-refractivity contribution < 1.29 is 18.6 Å². The number of imidazole rings is 1.